The summed E-state index contributed by atoms with van der Waals surface area (Å²) < 4.78 is 12.9. The van der Waals surface area contributed by atoms with Crippen molar-refractivity contribution in [3.63, 3.8) is 0 Å². The summed E-state index contributed by atoms with van der Waals surface area (Å²) in [5, 5.41) is 14.3. The van der Waals surface area contributed by atoms with E-state index in [1.165, 1.54) is 40.3 Å². The van der Waals surface area contributed by atoms with Gasteiger partial charge in [-0.05, 0) is 18.2 Å². The van der Waals surface area contributed by atoms with Crippen molar-refractivity contribution in [1.29, 1.82) is 0 Å². The highest BCUT2D eigenvalue weighted by Gasteiger charge is 2.14. The molecular weight excluding hydrogens is 257 g/mol. The molecule has 0 saturated carbocycles. The van der Waals surface area contributed by atoms with E-state index in [1.54, 1.807) is 0 Å². The fourth-order valence-corrected chi connectivity index (χ4v) is 2.14. The number of amides is 1. The quantitative estimate of drug-likeness (QED) is 0.896. The van der Waals surface area contributed by atoms with Gasteiger partial charge in [0.25, 0.3) is 5.91 Å². The van der Waals surface area contributed by atoms with Crippen LogP contribution in [-0.2, 0) is 0 Å². The van der Waals surface area contributed by atoms with Crippen molar-refractivity contribution in [3.05, 3.63) is 52.0 Å². The fourth-order valence-electron chi connectivity index (χ4n) is 1.38. The van der Waals surface area contributed by atoms with Gasteiger partial charge >= 0.3 is 5.97 Å². The largest absolute Gasteiger partial charge is 0.478 e. The Morgan fingerprint density at radius 2 is 2.06 bits per heavy atom. The Kier molecular flexibility index (Phi) is 3.38. The first kappa shape index (κ1) is 12.3. The summed E-state index contributed by atoms with van der Waals surface area (Å²) in [6, 6.07) is 5.17. The second kappa shape index (κ2) is 4.97. The molecule has 4 nitrogen and oxygen atoms in total. The number of carboxylic acid groups (broad SMARTS) is 1. The Morgan fingerprint density at radius 1 is 1.28 bits per heavy atom. The lowest BCUT2D eigenvalue weighted by molar-refractivity contribution is 0.0698. The van der Waals surface area contributed by atoms with Crippen molar-refractivity contribution in [2.45, 2.75) is 0 Å². The minimum Gasteiger partial charge on any atom is -0.478 e. The summed E-state index contributed by atoms with van der Waals surface area (Å²) in [4.78, 5) is 22.6. The van der Waals surface area contributed by atoms with Gasteiger partial charge in [0.05, 0.1) is 11.3 Å². The number of carboxylic acids is 1. The predicted molar refractivity (Wildman–Crippen MR) is 65.6 cm³/mol. The van der Waals surface area contributed by atoms with E-state index < -0.39 is 17.7 Å². The molecule has 2 N–H and O–H groups in total. The number of aromatic carboxylic acids is 1. The Balaban J connectivity index is 2.21. The molecule has 0 fully saturated rings. The maximum Gasteiger partial charge on any atom is 0.338 e. The molecule has 0 saturated heterocycles. The standard InChI is InChI=1S/C12H8FNO3S/c13-8-3-1-2-7(4-8)11(15)14-10-6-18-5-9(10)12(16)17/h1-6H,(H,14,15)(H,16,17). The number of anilines is 1. The monoisotopic (exact) mass is 265 g/mol. The Labute approximate surface area is 106 Å². The summed E-state index contributed by atoms with van der Waals surface area (Å²) in [5.41, 5.74) is 0.365. The van der Waals surface area contributed by atoms with E-state index >= 15 is 0 Å². The van der Waals surface area contributed by atoms with Crippen LogP contribution < -0.4 is 5.32 Å². The summed E-state index contributed by atoms with van der Waals surface area (Å²) in [5.74, 6) is -2.19. The number of rotatable bonds is 3. The summed E-state index contributed by atoms with van der Waals surface area (Å²) in [6.07, 6.45) is 0. The van der Waals surface area contributed by atoms with E-state index in [2.05, 4.69) is 5.32 Å². The number of halogens is 1. The van der Waals surface area contributed by atoms with Gasteiger partial charge in [-0.1, -0.05) is 6.07 Å². The average Bonchev–Trinajstić information content (AvgIpc) is 2.77. The van der Waals surface area contributed by atoms with E-state index in [0.29, 0.717) is 0 Å². The van der Waals surface area contributed by atoms with Gasteiger partial charge in [-0.3, -0.25) is 4.79 Å². The lowest BCUT2D eigenvalue weighted by Crippen LogP contribution is -2.13. The first-order chi connectivity index (χ1) is 8.58. The molecule has 6 heteroatoms. The van der Waals surface area contributed by atoms with Gasteiger partial charge in [-0.15, -0.1) is 11.3 Å². The number of carbonyl (C=O) groups excluding carboxylic acids is 1. The Morgan fingerprint density at radius 3 is 2.72 bits per heavy atom. The number of benzene rings is 1. The highest BCUT2D eigenvalue weighted by atomic mass is 32.1. The van der Waals surface area contributed by atoms with Crippen LogP contribution in [0.1, 0.15) is 20.7 Å². The van der Waals surface area contributed by atoms with E-state index in [1.807, 2.05) is 0 Å². The van der Waals surface area contributed by atoms with Gasteiger partial charge in [-0.2, -0.15) is 0 Å². The number of thiophene rings is 1. The smallest absolute Gasteiger partial charge is 0.338 e. The first-order valence-electron chi connectivity index (χ1n) is 4.94. The van der Waals surface area contributed by atoms with Crippen LogP contribution in [0.2, 0.25) is 0 Å². The van der Waals surface area contributed by atoms with Gasteiger partial charge in [0.15, 0.2) is 0 Å². The number of hydrogen-bond acceptors (Lipinski definition) is 3. The third-order valence-electron chi connectivity index (χ3n) is 2.23. The van der Waals surface area contributed by atoms with Gasteiger partial charge < -0.3 is 10.4 Å². The van der Waals surface area contributed by atoms with Gasteiger partial charge in [0.1, 0.15) is 5.82 Å². The second-order valence-corrected chi connectivity index (χ2v) is 4.21. The van der Waals surface area contributed by atoms with Gasteiger partial charge in [0, 0.05) is 16.3 Å². The van der Waals surface area contributed by atoms with Crippen LogP contribution in [0.3, 0.4) is 0 Å². The van der Waals surface area contributed by atoms with Gasteiger partial charge in [-0.25, -0.2) is 9.18 Å². The Bertz CT molecular complexity index is 609. The lowest BCUT2D eigenvalue weighted by atomic mass is 10.2. The maximum atomic E-state index is 12.9. The minimum absolute atomic E-state index is 0.0183. The summed E-state index contributed by atoms with van der Waals surface area (Å²) >= 11 is 1.17. The van der Waals surface area contributed by atoms with Crippen molar-refractivity contribution in [3.8, 4) is 0 Å². The zero-order valence-electron chi connectivity index (χ0n) is 9.01. The summed E-state index contributed by atoms with van der Waals surface area (Å²) in [7, 11) is 0. The predicted octanol–water partition coefficient (Wildman–Crippen LogP) is 2.84. The van der Waals surface area contributed by atoms with Crippen molar-refractivity contribution in [1.82, 2.24) is 0 Å². The molecule has 0 aliphatic carbocycles. The molecule has 0 unspecified atom stereocenters. The molecular formula is C12H8FNO3S. The van der Waals surface area contributed by atoms with Gasteiger partial charge in [0.2, 0.25) is 0 Å². The number of hydrogen-bond donors (Lipinski definition) is 2. The average molecular weight is 265 g/mol. The third-order valence-corrected chi connectivity index (χ3v) is 2.97. The molecule has 0 atom stereocenters. The summed E-state index contributed by atoms with van der Waals surface area (Å²) in [6.45, 7) is 0. The van der Waals surface area contributed by atoms with Crippen molar-refractivity contribution >= 4 is 28.9 Å². The van der Waals surface area contributed by atoms with E-state index in [0.717, 1.165) is 6.07 Å². The molecule has 0 bridgehead atoms. The molecule has 0 aliphatic rings. The molecule has 2 rings (SSSR count). The van der Waals surface area contributed by atoms with Crippen LogP contribution in [0.5, 0.6) is 0 Å². The van der Waals surface area contributed by atoms with Crippen molar-refractivity contribution in [2.24, 2.45) is 0 Å². The Hall–Kier alpha value is -2.21. The first-order valence-corrected chi connectivity index (χ1v) is 5.88. The zero-order chi connectivity index (χ0) is 13.1. The van der Waals surface area contributed by atoms with E-state index in [4.69, 9.17) is 5.11 Å². The second-order valence-electron chi connectivity index (χ2n) is 3.47. The molecule has 1 amide bonds. The van der Waals surface area contributed by atoms with Crippen LogP contribution in [0.25, 0.3) is 0 Å². The van der Waals surface area contributed by atoms with Crippen LogP contribution in [-0.4, -0.2) is 17.0 Å². The molecule has 2 aromatic rings. The van der Waals surface area contributed by atoms with E-state index in [-0.39, 0.29) is 16.8 Å². The zero-order valence-corrected chi connectivity index (χ0v) is 9.83. The number of carbonyl (C=O) groups is 2. The molecule has 1 heterocycles. The van der Waals surface area contributed by atoms with Crippen LogP contribution >= 0.6 is 11.3 Å². The third kappa shape index (κ3) is 2.54. The normalized spacial score (nSPS) is 10.1. The lowest BCUT2D eigenvalue weighted by Gasteiger charge is -2.04. The van der Waals surface area contributed by atoms with Crippen LogP contribution in [0.4, 0.5) is 10.1 Å². The van der Waals surface area contributed by atoms with Crippen LogP contribution in [0.15, 0.2) is 35.0 Å². The van der Waals surface area contributed by atoms with Crippen molar-refractivity contribution in [2.75, 3.05) is 5.32 Å². The van der Waals surface area contributed by atoms with Crippen LogP contribution in [0, 0.1) is 5.82 Å². The molecule has 18 heavy (non-hydrogen) atoms. The fraction of sp³-hybridized carbons (Fsp3) is 0. The topological polar surface area (TPSA) is 66.4 Å². The highest BCUT2D eigenvalue weighted by molar-refractivity contribution is 7.08. The number of nitrogens with one attached hydrogen (secondary N) is 1. The molecule has 1 aromatic heterocycles. The highest BCUT2D eigenvalue weighted by Crippen LogP contribution is 2.21. The molecule has 92 valence electrons. The van der Waals surface area contributed by atoms with Crippen molar-refractivity contribution < 1.29 is 19.1 Å². The SMILES string of the molecule is O=C(Nc1cscc1C(=O)O)c1cccc(F)c1. The molecule has 0 aliphatic heterocycles. The molecule has 0 spiro atoms. The maximum absolute atomic E-state index is 12.9. The molecule has 0 radical (unpaired) electrons. The van der Waals surface area contributed by atoms with E-state index in [9.17, 15) is 14.0 Å². The minimum atomic E-state index is -1.12. The molecule has 1 aromatic carbocycles.